The summed E-state index contributed by atoms with van der Waals surface area (Å²) in [6, 6.07) is 1.70. The molecular formula is C20H25NO5. The van der Waals surface area contributed by atoms with Crippen molar-refractivity contribution in [2.75, 3.05) is 20.8 Å². The van der Waals surface area contributed by atoms with Crippen LogP contribution in [0.2, 0.25) is 0 Å². The van der Waals surface area contributed by atoms with Crippen LogP contribution in [-0.2, 0) is 4.84 Å². The predicted octanol–water partition coefficient (Wildman–Crippen LogP) is 3.96. The lowest BCUT2D eigenvalue weighted by Gasteiger charge is -2.20. The minimum absolute atomic E-state index is 0.217. The van der Waals surface area contributed by atoms with Gasteiger partial charge in [0.25, 0.3) is 0 Å². The summed E-state index contributed by atoms with van der Waals surface area (Å²) < 4.78 is 10.9. The normalized spacial score (nSPS) is 13.6. The van der Waals surface area contributed by atoms with Gasteiger partial charge < -0.3 is 14.3 Å². The Morgan fingerprint density at radius 1 is 1.00 bits per heavy atom. The van der Waals surface area contributed by atoms with Crippen molar-refractivity contribution >= 4 is 17.3 Å². The third-order valence-corrected chi connectivity index (χ3v) is 4.09. The first-order chi connectivity index (χ1) is 12.6. The molecule has 6 nitrogen and oxygen atoms in total. The Hall–Kier alpha value is -2.63. The maximum atomic E-state index is 12.5. The fraction of sp³-hybridized carbons (Fsp3) is 0.450. The molecule has 0 heterocycles. The van der Waals surface area contributed by atoms with Gasteiger partial charge in [-0.05, 0) is 37.5 Å². The molecule has 0 radical (unpaired) electrons. The summed E-state index contributed by atoms with van der Waals surface area (Å²) in [5.41, 5.74) is 1.73. The van der Waals surface area contributed by atoms with E-state index in [2.05, 4.69) is 12.1 Å². The van der Waals surface area contributed by atoms with Crippen molar-refractivity contribution in [2.24, 2.45) is 5.16 Å². The van der Waals surface area contributed by atoms with Crippen molar-refractivity contribution < 1.29 is 23.9 Å². The molecule has 1 aliphatic rings. The Bertz CT molecular complexity index is 749. The fourth-order valence-corrected chi connectivity index (χ4v) is 2.81. The zero-order chi connectivity index (χ0) is 19.1. The number of unbranched alkanes of at least 4 members (excludes halogenated alkanes) is 1. The van der Waals surface area contributed by atoms with Crippen molar-refractivity contribution in [3.63, 3.8) is 0 Å². The first-order valence-corrected chi connectivity index (χ1v) is 8.83. The number of ether oxygens (including phenoxy) is 2. The van der Waals surface area contributed by atoms with E-state index in [1.807, 2.05) is 6.92 Å². The fourth-order valence-electron chi connectivity index (χ4n) is 2.81. The smallest absolute Gasteiger partial charge is 0.190 e. The third-order valence-electron chi connectivity index (χ3n) is 4.09. The zero-order valence-electron chi connectivity index (χ0n) is 15.8. The molecule has 0 saturated carbocycles. The number of carbonyl (C=O) groups is 2. The molecule has 2 rings (SSSR count). The van der Waals surface area contributed by atoms with Gasteiger partial charge in [0, 0.05) is 5.56 Å². The van der Waals surface area contributed by atoms with Crippen LogP contribution in [0.15, 0.2) is 23.4 Å². The highest BCUT2D eigenvalue weighted by Gasteiger charge is 2.31. The van der Waals surface area contributed by atoms with E-state index in [1.54, 1.807) is 6.07 Å². The molecule has 1 aliphatic carbocycles. The lowest BCUT2D eigenvalue weighted by atomic mass is 9.89. The van der Waals surface area contributed by atoms with Gasteiger partial charge in [-0.15, -0.1) is 0 Å². The van der Waals surface area contributed by atoms with E-state index in [1.165, 1.54) is 26.4 Å². The molecule has 0 atom stereocenters. The minimum atomic E-state index is -0.291. The van der Waals surface area contributed by atoms with Crippen molar-refractivity contribution in [2.45, 2.75) is 39.5 Å². The minimum Gasteiger partial charge on any atom is -0.496 e. The summed E-state index contributed by atoms with van der Waals surface area (Å²) in [5.74, 6) is 0.0909. The highest BCUT2D eigenvalue weighted by atomic mass is 16.6. The number of rotatable bonds is 9. The first kappa shape index (κ1) is 19.7. The Balaban J connectivity index is 2.67. The van der Waals surface area contributed by atoms with E-state index >= 15 is 0 Å². The van der Waals surface area contributed by atoms with Crippen LogP contribution in [0.1, 0.15) is 65.8 Å². The van der Waals surface area contributed by atoms with Crippen molar-refractivity contribution in [1.82, 2.24) is 0 Å². The number of nitrogens with zero attached hydrogens (tertiary/aromatic N) is 1. The van der Waals surface area contributed by atoms with Crippen LogP contribution in [0.5, 0.6) is 11.5 Å². The first-order valence-electron chi connectivity index (χ1n) is 8.83. The quantitative estimate of drug-likeness (QED) is 0.379. The SMILES string of the molecule is CCCCC(=NOCCC)c1cc(OC)c2c(c1OC)C(=O)C=CC2=O. The average molecular weight is 359 g/mol. The van der Waals surface area contributed by atoms with Gasteiger partial charge in [-0.3, -0.25) is 9.59 Å². The number of methoxy groups -OCH3 is 2. The van der Waals surface area contributed by atoms with E-state index in [9.17, 15) is 9.59 Å². The molecule has 0 fully saturated rings. The van der Waals surface area contributed by atoms with Crippen LogP contribution < -0.4 is 9.47 Å². The number of hydrogen-bond acceptors (Lipinski definition) is 6. The summed E-state index contributed by atoms with van der Waals surface area (Å²) in [4.78, 5) is 30.2. The summed E-state index contributed by atoms with van der Waals surface area (Å²) in [6.07, 6.45) is 5.90. The summed E-state index contributed by atoms with van der Waals surface area (Å²) in [5, 5.41) is 4.27. The molecule has 1 aromatic rings. The van der Waals surface area contributed by atoms with Crippen LogP contribution in [0.25, 0.3) is 0 Å². The molecule has 1 aromatic carbocycles. The standard InChI is InChI=1S/C20H25NO5/c1-5-7-8-14(21-26-11-6-2)13-12-17(24-3)18-15(22)9-10-16(23)19(18)20(13)25-4/h9-10,12H,5-8,11H2,1-4H3. The third kappa shape index (κ3) is 3.95. The van der Waals surface area contributed by atoms with Crippen LogP contribution >= 0.6 is 0 Å². The van der Waals surface area contributed by atoms with Gasteiger partial charge in [0.2, 0.25) is 0 Å². The number of hydrogen-bond donors (Lipinski definition) is 0. The van der Waals surface area contributed by atoms with E-state index in [-0.39, 0.29) is 22.7 Å². The second kappa shape index (κ2) is 9.17. The molecule has 0 bridgehead atoms. The molecule has 0 N–H and O–H groups in total. The molecule has 6 heteroatoms. The summed E-state index contributed by atoms with van der Waals surface area (Å²) in [6.45, 7) is 4.59. The van der Waals surface area contributed by atoms with E-state index in [4.69, 9.17) is 14.3 Å². The second-order valence-electron chi connectivity index (χ2n) is 5.95. The van der Waals surface area contributed by atoms with Crippen LogP contribution in [0.3, 0.4) is 0 Å². The molecule has 0 amide bonds. The topological polar surface area (TPSA) is 74.2 Å². The van der Waals surface area contributed by atoms with E-state index in [0.29, 0.717) is 35.8 Å². The van der Waals surface area contributed by atoms with Gasteiger partial charge in [-0.2, -0.15) is 0 Å². The van der Waals surface area contributed by atoms with Gasteiger partial charge >= 0.3 is 0 Å². The molecule has 0 unspecified atom stereocenters. The monoisotopic (exact) mass is 359 g/mol. The van der Waals surface area contributed by atoms with Gasteiger partial charge in [0.15, 0.2) is 11.6 Å². The van der Waals surface area contributed by atoms with Crippen molar-refractivity contribution in [3.8, 4) is 11.5 Å². The van der Waals surface area contributed by atoms with Crippen LogP contribution in [-0.4, -0.2) is 38.1 Å². The number of carbonyl (C=O) groups excluding carboxylic acids is 2. The lowest BCUT2D eigenvalue weighted by Crippen LogP contribution is -2.18. The number of allylic oxidation sites excluding steroid dienone is 2. The maximum Gasteiger partial charge on any atom is 0.190 e. The molecule has 140 valence electrons. The zero-order valence-corrected chi connectivity index (χ0v) is 15.8. The molecule has 0 saturated heterocycles. The van der Waals surface area contributed by atoms with E-state index in [0.717, 1.165) is 19.3 Å². The van der Waals surface area contributed by atoms with Gasteiger partial charge in [-0.1, -0.05) is 25.4 Å². The second-order valence-corrected chi connectivity index (χ2v) is 5.95. The van der Waals surface area contributed by atoms with Crippen molar-refractivity contribution in [1.29, 1.82) is 0 Å². The Labute approximate surface area is 153 Å². The van der Waals surface area contributed by atoms with E-state index < -0.39 is 0 Å². The Morgan fingerprint density at radius 3 is 2.27 bits per heavy atom. The van der Waals surface area contributed by atoms with Gasteiger partial charge in [0.1, 0.15) is 18.1 Å². The molecule has 26 heavy (non-hydrogen) atoms. The highest BCUT2D eigenvalue weighted by molar-refractivity contribution is 6.25. The maximum absolute atomic E-state index is 12.5. The number of benzene rings is 1. The van der Waals surface area contributed by atoms with Crippen molar-refractivity contribution in [3.05, 3.63) is 34.9 Å². The summed E-state index contributed by atoms with van der Waals surface area (Å²) >= 11 is 0. The molecule has 0 spiro atoms. The Kier molecular flexibility index (Phi) is 6.95. The molecular weight excluding hydrogens is 334 g/mol. The van der Waals surface area contributed by atoms with Crippen LogP contribution in [0, 0.1) is 0 Å². The number of oxime groups is 1. The van der Waals surface area contributed by atoms with Gasteiger partial charge in [-0.25, -0.2) is 0 Å². The molecule has 0 aliphatic heterocycles. The summed E-state index contributed by atoms with van der Waals surface area (Å²) in [7, 11) is 2.95. The largest absolute Gasteiger partial charge is 0.496 e. The average Bonchev–Trinajstić information content (AvgIpc) is 2.66. The predicted molar refractivity (Wildman–Crippen MR) is 99.7 cm³/mol. The van der Waals surface area contributed by atoms with Gasteiger partial charge in [0.05, 0.1) is 31.1 Å². The number of fused-ring (bicyclic) bond motifs is 1. The van der Waals surface area contributed by atoms with Crippen LogP contribution in [0.4, 0.5) is 0 Å². The number of ketones is 2. The Morgan fingerprint density at radius 2 is 1.69 bits per heavy atom. The highest BCUT2D eigenvalue weighted by Crippen LogP contribution is 2.38. The molecule has 0 aromatic heterocycles. The lowest BCUT2D eigenvalue weighted by molar-refractivity contribution is 0.0989.